The maximum atomic E-state index is 12.9. The van der Waals surface area contributed by atoms with Crippen molar-refractivity contribution in [1.82, 2.24) is 0 Å². The molecule has 8 fully saturated rings. The molecule has 1 aliphatic heterocycles. The number of allylic oxidation sites excluding steroid dienone is 5. The highest BCUT2D eigenvalue weighted by molar-refractivity contribution is 6.01. The third kappa shape index (κ3) is 4.58. The average Bonchev–Trinajstić information content (AvgIpc) is 3.84. The van der Waals surface area contributed by atoms with Crippen LogP contribution < -0.4 is 0 Å². The van der Waals surface area contributed by atoms with Crippen LogP contribution in [-0.2, 0) is 23.9 Å². The Morgan fingerprint density at radius 3 is 2.08 bits per heavy atom. The molecule has 0 radical (unpaired) electrons. The zero-order valence-electron chi connectivity index (χ0n) is 32.1. The van der Waals surface area contributed by atoms with Crippen molar-refractivity contribution in [2.75, 3.05) is 6.61 Å². The van der Waals surface area contributed by atoms with E-state index in [9.17, 15) is 19.2 Å². The Bertz CT molecular complexity index is 1670. The summed E-state index contributed by atoms with van der Waals surface area (Å²) in [6, 6.07) is 0. The van der Waals surface area contributed by atoms with Crippen molar-refractivity contribution in [3.63, 3.8) is 0 Å². The number of ether oxygens (including phenoxy) is 1. The van der Waals surface area contributed by atoms with Gasteiger partial charge in [0.2, 0.25) is 0 Å². The second-order valence-corrected chi connectivity index (χ2v) is 20.4. The molecule has 0 aromatic heterocycles. The zero-order chi connectivity index (χ0) is 35.8. The molecule has 7 saturated carbocycles. The molecule has 10 rings (SSSR count). The summed E-state index contributed by atoms with van der Waals surface area (Å²) in [4.78, 5) is 49.5. The average molecular weight is 711 g/mol. The van der Waals surface area contributed by atoms with Crippen LogP contribution in [0.5, 0.6) is 0 Å². The van der Waals surface area contributed by atoms with Gasteiger partial charge in [0, 0.05) is 23.7 Å². The summed E-state index contributed by atoms with van der Waals surface area (Å²) in [7, 11) is 0. The first-order valence-corrected chi connectivity index (χ1v) is 21.1. The molecule has 5 heteroatoms. The van der Waals surface area contributed by atoms with E-state index in [-0.39, 0.29) is 51.7 Å². The largest absolute Gasteiger partial charge is 0.465 e. The zero-order valence-corrected chi connectivity index (χ0v) is 32.1. The van der Waals surface area contributed by atoms with Crippen LogP contribution >= 0.6 is 0 Å². The molecule has 52 heavy (non-hydrogen) atoms. The van der Waals surface area contributed by atoms with Crippen LogP contribution in [0.15, 0.2) is 35.5 Å². The van der Waals surface area contributed by atoms with Gasteiger partial charge in [-0.15, -0.1) is 0 Å². The minimum atomic E-state index is -0.206. The summed E-state index contributed by atoms with van der Waals surface area (Å²) in [6.45, 7) is 12.7. The van der Waals surface area contributed by atoms with E-state index in [1.807, 2.05) is 12.2 Å². The molecule has 0 bridgehead atoms. The number of Topliss-reactive ketones (excluding diaryl/α,β-unsaturated/α-hetero) is 1. The van der Waals surface area contributed by atoms with Gasteiger partial charge < -0.3 is 4.74 Å². The van der Waals surface area contributed by atoms with Crippen LogP contribution in [0.4, 0.5) is 0 Å². The van der Waals surface area contributed by atoms with E-state index in [1.54, 1.807) is 6.08 Å². The topological polar surface area (TPSA) is 77.5 Å². The summed E-state index contributed by atoms with van der Waals surface area (Å²) < 4.78 is 5.50. The van der Waals surface area contributed by atoms with Crippen molar-refractivity contribution in [3.8, 4) is 0 Å². The summed E-state index contributed by atoms with van der Waals surface area (Å²) in [6.07, 6.45) is 26.5. The fourth-order valence-corrected chi connectivity index (χ4v) is 16.5. The third-order valence-corrected chi connectivity index (χ3v) is 19.3. The SMILES string of the molecule is C.CC12C=CC(=O)C=C1CCC1C2CCC2(C)C1CC[C@@]21CCCC1=O.C[C@@H]1CC2=CC(=O)CCC2(C)C2CCC3(C)C(CC[C@@]34CCOC4=O)C21. The second-order valence-electron chi connectivity index (χ2n) is 20.4. The van der Waals surface area contributed by atoms with Gasteiger partial charge in [-0.3, -0.25) is 19.2 Å². The maximum absolute atomic E-state index is 12.9. The van der Waals surface area contributed by atoms with Crippen LogP contribution in [0.2, 0.25) is 0 Å². The van der Waals surface area contributed by atoms with E-state index < -0.39 is 0 Å². The van der Waals surface area contributed by atoms with Gasteiger partial charge in [0.25, 0.3) is 0 Å². The Labute approximate surface area is 313 Å². The third-order valence-electron chi connectivity index (χ3n) is 19.3. The standard InChI is InChI=1S/C23H32O3.C23H30O2.CH4/c1-14-12-15-13-16(24)4-7-21(15,2)17-5-8-22(3)18(19(14)17)6-9-23(22)10-11-26-20(23)25;1-21-11-7-16(24)14-15(21)5-6-17-18(21)8-12-22(2)19(17)9-13-23(22)10-3-4-20(23)25;/h13-14,17-19H,4-12H2,1-3H3;7,11,14,17-19H,3-6,8-10,12-13H2,1-2H3;1H4/t14-,17?,18?,19?,21?,22?,23+;17?,18?,19?,21?,22?,23-;/m11./s1. The molecule has 2 spiro atoms. The smallest absolute Gasteiger partial charge is 0.312 e. The molecular formula is C47H66O5. The van der Waals surface area contributed by atoms with Gasteiger partial charge in [-0.05, 0) is 172 Å². The normalized spacial score (nSPS) is 51.1. The Morgan fingerprint density at radius 1 is 0.673 bits per heavy atom. The van der Waals surface area contributed by atoms with Gasteiger partial charge in [0.15, 0.2) is 11.6 Å². The second kappa shape index (κ2) is 12.1. The van der Waals surface area contributed by atoms with Crippen LogP contribution in [0.25, 0.3) is 0 Å². The predicted molar refractivity (Wildman–Crippen MR) is 204 cm³/mol. The number of carbonyl (C=O) groups is 4. The lowest BCUT2D eigenvalue weighted by Gasteiger charge is -2.61. The number of esters is 1. The van der Waals surface area contributed by atoms with Gasteiger partial charge in [0.1, 0.15) is 5.78 Å². The van der Waals surface area contributed by atoms with E-state index >= 15 is 0 Å². The molecule has 1 heterocycles. The lowest BCUT2D eigenvalue weighted by molar-refractivity contribution is -0.158. The highest BCUT2D eigenvalue weighted by atomic mass is 16.5. The van der Waals surface area contributed by atoms with Crippen molar-refractivity contribution in [3.05, 3.63) is 35.5 Å². The fourth-order valence-electron chi connectivity index (χ4n) is 16.5. The molecule has 0 aromatic carbocycles. The molecule has 0 N–H and O–H groups in total. The monoisotopic (exact) mass is 710 g/mol. The first kappa shape index (κ1) is 36.7. The molecular weight excluding hydrogens is 645 g/mol. The molecule has 0 aromatic rings. The van der Waals surface area contributed by atoms with Gasteiger partial charge in [0.05, 0.1) is 12.0 Å². The molecule has 1 saturated heterocycles. The number of hydrogen-bond acceptors (Lipinski definition) is 5. The molecule has 10 unspecified atom stereocenters. The first-order valence-electron chi connectivity index (χ1n) is 21.1. The lowest BCUT2D eigenvalue weighted by atomic mass is 9.43. The summed E-state index contributed by atoms with van der Waals surface area (Å²) >= 11 is 0. The van der Waals surface area contributed by atoms with E-state index in [0.717, 1.165) is 76.5 Å². The molecule has 0 amide bonds. The number of ketones is 3. The molecule has 5 nitrogen and oxygen atoms in total. The van der Waals surface area contributed by atoms with Crippen LogP contribution in [0.1, 0.15) is 151 Å². The molecule has 9 aliphatic carbocycles. The van der Waals surface area contributed by atoms with Crippen molar-refractivity contribution in [1.29, 1.82) is 0 Å². The predicted octanol–water partition coefficient (Wildman–Crippen LogP) is 10.4. The van der Waals surface area contributed by atoms with Crippen molar-refractivity contribution in [2.45, 2.75) is 151 Å². The quantitative estimate of drug-likeness (QED) is 0.234. The minimum absolute atomic E-state index is 0. The first-order chi connectivity index (χ1) is 24.2. The van der Waals surface area contributed by atoms with Crippen molar-refractivity contribution in [2.24, 2.45) is 73.9 Å². The Hall–Kier alpha value is -2.30. The summed E-state index contributed by atoms with van der Waals surface area (Å²) in [5.74, 6) is 5.89. The van der Waals surface area contributed by atoms with Crippen LogP contribution in [0.3, 0.4) is 0 Å². The number of cyclic esters (lactones) is 1. The van der Waals surface area contributed by atoms with Crippen LogP contribution in [0, 0.1) is 73.9 Å². The molecule has 10 aliphatic rings. The van der Waals surface area contributed by atoms with Crippen LogP contribution in [-0.4, -0.2) is 29.9 Å². The Kier molecular flexibility index (Phi) is 8.53. The Balaban J connectivity index is 0.000000146. The van der Waals surface area contributed by atoms with Crippen molar-refractivity contribution < 1.29 is 23.9 Å². The Morgan fingerprint density at radius 2 is 1.37 bits per heavy atom. The van der Waals surface area contributed by atoms with E-state index in [4.69, 9.17) is 4.74 Å². The molecule has 13 atom stereocenters. The highest BCUT2D eigenvalue weighted by Gasteiger charge is 2.70. The number of fused-ring (bicyclic) bond motifs is 12. The molecule has 284 valence electrons. The van der Waals surface area contributed by atoms with E-state index in [0.29, 0.717) is 53.7 Å². The maximum Gasteiger partial charge on any atom is 0.312 e. The van der Waals surface area contributed by atoms with E-state index in [1.165, 1.54) is 49.7 Å². The number of rotatable bonds is 0. The van der Waals surface area contributed by atoms with Gasteiger partial charge in [-0.2, -0.15) is 0 Å². The summed E-state index contributed by atoms with van der Waals surface area (Å²) in [5.41, 5.74) is 3.23. The summed E-state index contributed by atoms with van der Waals surface area (Å²) in [5, 5.41) is 0. The van der Waals surface area contributed by atoms with Gasteiger partial charge in [-0.1, -0.05) is 59.3 Å². The van der Waals surface area contributed by atoms with Gasteiger partial charge >= 0.3 is 5.97 Å². The van der Waals surface area contributed by atoms with Gasteiger partial charge in [-0.25, -0.2) is 0 Å². The fraction of sp³-hybridized carbons (Fsp3) is 0.787. The number of carbonyl (C=O) groups excluding carboxylic acids is 4. The highest BCUT2D eigenvalue weighted by Crippen LogP contribution is 2.74. The lowest BCUT2D eigenvalue weighted by Crippen LogP contribution is -2.55. The minimum Gasteiger partial charge on any atom is -0.465 e. The van der Waals surface area contributed by atoms with E-state index in [2.05, 4.69) is 40.7 Å². The van der Waals surface area contributed by atoms with Crippen molar-refractivity contribution >= 4 is 23.3 Å². The number of hydrogen-bond donors (Lipinski definition) is 0.